The second-order valence-corrected chi connectivity index (χ2v) is 9.24. The number of aliphatic hydroxyl groups excluding tert-OH is 1. The van der Waals surface area contributed by atoms with E-state index in [4.69, 9.17) is 38.2 Å². The molecule has 2 aliphatic heterocycles. The van der Waals surface area contributed by atoms with Crippen molar-refractivity contribution in [3.63, 3.8) is 0 Å². The highest BCUT2D eigenvalue weighted by molar-refractivity contribution is 7.54. The number of anilines is 1. The van der Waals surface area contributed by atoms with Crippen molar-refractivity contribution in [3.8, 4) is 0 Å². The Balaban J connectivity index is 1.68. The molecule has 0 spiro atoms. The number of nitrogens with one attached hydrogen (secondary N) is 1. The fourth-order valence-electron chi connectivity index (χ4n) is 3.54. The molecule has 0 bridgehead atoms. The summed E-state index contributed by atoms with van der Waals surface area (Å²) in [6.07, 6.45) is 0.853. The van der Waals surface area contributed by atoms with Crippen LogP contribution < -0.4 is 10.8 Å². The van der Waals surface area contributed by atoms with E-state index in [1.807, 2.05) is 0 Å². The molecule has 2 aliphatic rings. The highest BCUT2D eigenvalue weighted by Gasteiger charge is 2.57. The Labute approximate surface area is 170 Å². The number of rotatable bonds is 7. The lowest BCUT2D eigenvalue weighted by molar-refractivity contribution is -0.0474. The average molecular weight is 452 g/mol. The van der Waals surface area contributed by atoms with Gasteiger partial charge in [-0.2, -0.15) is 0 Å². The molecule has 0 unspecified atom stereocenters. The minimum atomic E-state index is -3.42. The summed E-state index contributed by atoms with van der Waals surface area (Å²) in [6.45, 7) is 0.402. The van der Waals surface area contributed by atoms with Gasteiger partial charge >= 0.3 is 7.67 Å². The van der Waals surface area contributed by atoms with Gasteiger partial charge in [0.2, 0.25) is 0 Å². The maximum Gasteiger partial charge on any atom is 0.344 e. The summed E-state index contributed by atoms with van der Waals surface area (Å²) in [5, 5.41) is 12.8. The van der Waals surface area contributed by atoms with Gasteiger partial charge in [0.25, 0.3) is 0 Å². The summed E-state index contributed by atoms with van der Waals surface area (Å²) in [7, 11) is -3.42. The maximum atomic E-state index is 13.5. The van der Waals surface area contributed by atoms with Crippen LogP contribution >= 0.6 is 30.9 Å². The van der Waals surface area contributed by atoms with Gasteiger partial charge in [0, 0.05) is 24.8 Å². The average Bonchev–Trinajstić information content (AvgIpc) is 3.34. The van der Waals surface area contributed by atoms with Crippen LogP contribution in [-0.2, 0) is 13.8 Å². The number of nitrogens with two attached hydrogens (primary N) is 1. The van der Waals surface area contributed by atoms with Crippen molar-refractivity contribution in [2.24, 2.45) is 0 Å². The van der Waals surface area contributed by atoms with Gasteiger partial charge in [-0.3, -0.25) is 13.7 Å². The van der Waals surface area contributed by atoms with E-state index in [1.54, 1.807) is 9.24 Å². The third-order valence-electron chi connectivity index (χ3n) is 4.83. The van der Waals surface area contributed by atoms with Gasteiger partial charge in [-0.25, -0.2) is 24.7 Å². The molecule has 2 aromatic rings. The summed E-state index contributed by atoms with van der Waals surface area (Å²) in [4.78, 5) is 12.4. The SMILES string of the molecule is Nc1ncnc2c1ncn2[C@@H]1O[C@H](CO)[C@@H]2N[P@@](=O)(N(CCCl)CCCl)O[C@@H]21. The zero-order valence-corrected chi connectivity index (χ0v) is 17.1. The third kappa shape index (κ3) is 3.29. The minimum absolute atomic E-state index is 0.239. The second kappa shape index (κ2) is 8.00. The van der Waals surface area contributed by atoms with Crippen molar-refractivity contribution in [3.05, 3.63) is 12.7 Å². The zero-order chi connectivity index (χ0) is 19.9. The van der Waals surface area contributed by atoms with Crippen LogP contribution in [0.3, 0.4) is 0 Å². The highest BCUT2D eigenvalue weighted by Crippen LogP contribution is 2.58. The lowest BCUT2D eigenvalue weighted by Crippen LogP contribution is -2.39. The number of hydrogen-bond donors (Lipinski definition) is 3. The number of ether oxygens (including phenoxy) is 1. The molecule has 0 radical (unpaired) electrons. The Morgan fingerprint density at radius 3 is 2.75 bits per heavy atom. The number of aromatic nitrogens is 4. The predicted octanol–water partition coefficient (Wildman–Crippen LogP) is 0.543. The van der Waals surface area contributed by atoms with Gasteiger partial charge in [0.05, 0.1) is 19.0 Å². The molecule has 4 heterocycles. The van der Waals surface area contributed by atoms with Crippen molar-refractivity contribution in [1.29, 1.82) is 0 Å². The molecule has 0 aromatic carbocycles. The van der Waals surface area contributed by atoms with Gasteiger partial charge < -0.3 is 15.6 Å². The second-order valence-electron chi connectivity index (χ2n) is 6.41. The number of halogens is 2. The summed E-state index contributed by atoms with van der Waals surface area (Å²) >= 11 is 11.7. The molecule has 0 aliphatic carbocycles. The van der Waals surface area contributed by atoms with Gasteiger partial charge in [0.1, 0.15) is 24.1 Å². The first-order chi connectivity index (χ1) is 13.5. The Bertz CT molecular complexity index is 896. The lowest BCUT2D eigenvalue weighted by atomic mass is 10.1. The molecule has 5 atom stereocenters. The largest absolute Gasteiger partial charge is 0.394 e. The van der Waals surface area contributed by atoms with Crippen LogP contribution in [0.4, 0.5) is 5.82 Å². The number of alkyl halides is 2. The van der Waals surface area contributed by atoms with E-state index in [9.17, 15) is 9.67 Å². The van der Waals surface area contributed by atoms with E-state index < -0.39 is 32.1 Å². The molecule has 11 nitrogen and oxygen atoms in total. The Morgan fingerprint density at radius 2 is 2.07 bits per heavy atom. The minimum Gasteiger partial charge on any atom is -0.394 e. The number of aliphatic hydroxyl groups is 1. The summed E-state index contributed by atoms with van der Waals surface area (Å²) < 4.78 is 28.7. The molecule has 28 heavy (non-hydrogen) atoms. The molecule has 2 aromatic heterocycles. The van der Waals surface area contributed by atoms with Crippen molar-refractivity contribution in [2.75, 3.05) is 37.2 Å². The van der Waals surface area contributed by atoms with E-state index >= 15 is 0 Å². The first kappa shape index (κ1) is 20.2. The van der Waals surface area contributed by atoms with E-state index in [-0.39, 0.29) is 24.2 Å². The van der Waals surface area contributed by atoms with Gasteiger partial charge in [-0.15, -0.1) is 23.2 Å². The summed E-state index contributed by atoms with van der Waals surface area (Å²) in [5.41, 5.74) is 6.73. The quantitative estimate of drug-likeness (QED) is 0.403. The first-order valence-electron chi connectivity index (χ1n) is 8.65. The van der Waals surface area contributed by atoms with Crippen LogP contribution in [0, 0.1) is 0 Å². The van der Waals surface area contributed by atoms with Crippen LogP contribution in [0.2, 0.25) is 0 Å². The topological polar surface area (TPSA) is 141 Å². The molecule has 4 rings (SSSR count). The van der Waals surface area contributed by atoms with Crippen LogP contribution in [0.15, 0.2) is 12.7 Å². The summed E-state index contributed by atoms with van der Waals surface area (Å²) in [6, 6.07) is -0.495. The molecule has 4 N–H and O–H groups in total. The number of nitrogens with zero attached hydrogens (tertiary/aromatic N) is 5. The Kier molecular flexibility index (Phi) is 5.78. The number of hydrogen-bond acceptors (Lipinski definition) is 8. The lowest BCUT2D eigenvalue weighted by Gasteiger charge is -2.28. The normalized spacial score (nSPS) is 32.4. The van der Waals surface area contributed by atoms with E-state index in [2.05, 4.69) is 20.0 Å². The molecule has 2 fully saturated rings. The maximum absolute atomic E-state index is 13.5. The molecule has 14 heteroatoms. The van der Waals surface area contributed by atoms with E-state index in [0.29, 0.717) is 24.3 Å². The van der Waals surface area contributed by atoms with Gasteiger partial charge in [0.15, 0.2) is 17.7 Å². The predicted molar refractivity (Wildman–Crippen MR) is 103 cm³/mol. The molecule has 0 amide bonds. The number of imidazole rings is 1. The highest BCUT2D eigenvalue weighted by atomic mass is 35.5. The smallest absolute Gasteiger partial charge is 0.344 e. The van der Waals surface area contributed by atoms with E-state index in [1.165, 1.54) is 12.7 Å². The van der Waals surface area contributed by atoms with Crippen molar-refractivity contribution < 1.29 is 18.9 Å². The Hall–Kier alpha value is -1.04. The van der Waals surface area contributed by atoms with Crippen molar-refractivity contribution in [2.45, 2.75) is 24.5 Å². The van der Waals surface area contributed by atoms with Crippen molar-refractivity contribution >= 4 is 47.9 Å². The first-order valence-corrected chi connectivity index (χ1v) is 11.3. The van der Waals surface area contributed by atoms with Gasteiger partial charge in [-0.05, 0) is 0 Å². The van der Waals surface area contributed by atoms with Crippen molar-refractivity contribution in [1.82, 2.24) is 29.3 Å². The molecular formula is C14H20Cl2N7O4P. The number of nitrogen functional groups attached to an aromatic ring is 1. The van der Waals surface area contributed by atoms with Crippen LogP contribution in [-0.4, -0.2) is 79.0 Å². The van der Waals surface area contributed by atoms with Crippen LogP contribution in [0.1, 0.15) is 6.23 Å². The standard InChI is InChI=1S/C14H20Cl2N7O4P/c15-1-3-22(4-2-16)28(25)21-9-8(5-24)26-14(11(9)27-28)23-7-20-10-12(17)18-6-19-13(10)23/h6-9,11,14,24H,1-5H2,(H,21,25)(H2,17,18,19)/t8-,9+,11+,14-,28+/m1/s1. The van der Waals surface area contributed by atoms with Crippen LogP contribution in [0.5, 0.6) is 0 Å². The fraction of sp³-hybridized carbons (Fsp3) is 0.643. The fourth-order valence-corrected chi connectivity index (χ4v) is 6.53. The molecule has 154 valence electrons. The van der Waals surface area contributed by atoms with E-state index in [0.717, 1.165) is 0 Å². The van der Waals surface area contributed by atoms with Crippen LogP contribution in [0.25, 0.3) is 11.2 Å². The molecular weight excluding hydrogens is 432 g/mol. The zero-order valence-electron chi connectivity index (χ0n) is 14.7. The Morgan fingerprint density at radius 1 is 1.32 bits per heavy atom. The molecule has 0 saturated carbocycles. The third-order valence-corrected chi connectivity index (χ3v) is 7.46. The monoisotopic (exact) mass is 451 g/mol. The number of fused-ring (bicyclic) bond motifs is 2. The summed E-state index contributed by atoms with van der Waals surface area (Å²) in [5.74, 6) is 0.781. The molecule has 2 saturated heterocycles. The van der Waals surface area contributed by atoms with Gasteiger partial charge in [-0.1, -0.05) is 0 Å².